The van der Waals surface area contributed by atoms with E-state index in [9.17, 15) is 0 Å². The smallest absolute Gasteiger partial charge is 0.240 e. The first-order valence-electron chi connectivity index (χ1n) is 4.21. The molecule has 0 atom stereocenters. The van der Waals surface area contributed by atoms with E-state index in [1.807, 2.05) is 23.8 Å². The van der Waals surface area contributed by atoms with Crippen LogP contribution in [0.4, 0.5) is 0 Å². The van der Waals surface area contributed by atoms with E-state index >= 15 is 0 Å². The van der Waals surface area contributed by atoms with Gasteiger partial charge in [-0.3, -0.25) is 0 Å². The average molecular weight is 162 g/mol. The van der Waals surface area contributed by atoms with E-state index in [1.54, 1.807) is 0 Å². The molecule has 0 amide bonds. The Hall–Kier alpha value is -1.31. The summed E-state index contributed by atoms with van der Waals surface area (Å²) in [5.74, 6) is 0.993. The van der Waals surface area contributed by atoms with Crippen LogP contribution in [-0.2, 0) is 6.54 Å². The Bertz CT molecular complexity index is 403. The number of hydrogen-bond donors (Lipinski definition) is 0. The maximum Gasteiger partial charge on any atom is 0.262 e. The van der Waals surface area contributed by atoms with Gasteiger partial charge in [0.2, 0.25) is 0 Å². The Morgan fingerprint density at radius 2 is 2.08 bits per heavy atom. The van der Waals surface area contributed by atoms with Crippen molar-refractivity contribution in [2.24, 2.45) is 0 Å². The van der Waals surface area contributed by atoms with Crippen molar-refractivity contribution in [1.82, 2.24) is 0 Å². The van der Waals surface area contributed by atoms with Crippen LogP contribution in [0.3, 0.4) is 0 Å². The molecular weight excluding hydrogens is 150 g/mol. The lowest BCUT2D eigenvalue weighted by molar-refractivity contribution is -0.842. The zero-order valence-electron chi connectivity index (χ0n) is 7.37. The van der Waals surface area contributed by atoms with Crippen LogP contribution in [0.1, 0.15) is 12.7 Å². The van der Waals surface area contributed by atoms with Crippen LogP contribution >= 0.6 is 0 Å². The first kappa shape index (κ1) is 7.35. The van der Waals surface area contributed by atoms with E-state index in [4.69, 9.17) is 4.52 Å². The third-order valence-electron chi connectivity index (χ3n) is 2.09. The summed E-state index contributed by atoms with van der Waals surface area (Å²) in [6, 6.07) is 8.23. The molecule has 2 heteroatoms. The zero-order chi connectivity index (χ0) is 8.55. The van der Waals surface area contributed by atoms with E-state index in [0.717, 1.165) is 12.3 Å². The van der Waals surface area contributed by atoms with Crippen molar-refractivity contribution >= 4 is 10.9 Å². The van der Waals surface area contributed by atoms with Crippen LogP contribution in [0.15, 0.2) is 28.8 Å². The minimum Gasteiger partial charge on any atom is -0.240 e. The molecule has 0 N–H and O–H groups in total. The Labute approximate surface area is 71.4 Å². The fraction of sp³-hybridized carbons (Fsp3) is 0.300. The molecule has 0 fully saturated rings. The molecule has 2 rings (SSSR count). The second-order valence-corrected chi connectivity index (χ2v) is 2.86. The summed E-state index contributed by atoms with van der Waals surface area (Å²) in [5, 5.41) is 1.21. The van der Waals surface area contributed by atoms with Crippen molar-refractivity contribution in [3.8, 4) is 0 Å². The van der Waals surface area contributed by atoms with Gasteiger partial charge in [0.25, 0.3) is 5.52 Å². The summed E-state index contributed by atoms with van der Waals surface area (Å²) in [7, 11) is 0. The molecule has 12 heavy (non-hydrogen) atoms. The lowest BCUT2D eigenvalue weighted by Crippen LogP contribution is -2.29. The molecule has 2 aromatic rings. The molecule has 2 nitrogen and oxygen atoms in total. The Morgan fingerprint density at radius 1 is 1.33 bits per heavy atom. The van der Waals surface area contributed by atoms with Gasteiger partial charge in [0, 0.05) is 13.0 Å². The van der Waals surface area contributed by atoms with Crippen molar-refractivity contribution in [3.05, 3.63) is 30.0 Å². The number of benzene rings is 1. The number of fused-ring (bicyclic) bond motifs is 1. The van der Waals surface area contributed by atoms with Crippen LogP contribution in [0, 0.1) is 6.92 Å². The molecule has 1 heterocycles. The molecule has 0 spiro atoms. The normalized spacial score (nSPS) is 10.8. The molecular formula is C10H12NO+. The molecule has 0 aliphatic rings. The van der Waals surface area contributed by atoms with Crippen LogP contribution in [-0.4, -0.2) is 0 Å². The van der Waals surface area contributed by atoms with Crippen molar-refractivity contribution in [2.75, 3.05) is 0 Å². The minimum absolute atomic E-state index is 0.883. The fourth-order valence-corrected chi connectivity index (χ4v) is 1.49. The molecule has 0 radical (unpaired) electrons. The topological polar surface area (TPSA) is 17.0 Å². The third-order valence-corrected chi connectivity index (χ3v) is 2.09. The van der Waals surface area contributed by atoms with E-state index in [2.05, 4.69) is 19.1 Å². The van der Waals surface area contributed by atoms with Crippen LogP contribution in [0.25, 0.3) is 10.9 Å². The first-order chi connectivity index (χ1) is 5.83. The summed E-state index contributed by atoms with van der Waals surface area (Å²) in [6.07, 6.45) is 0. The van der Waals surface area contributed by atoms with Gasteiger partial charge in [-0.2, -0.15) is 0 Å². The highest BCUT2D eigenvalue weighted by Gasteiger charge is 2.14. The quantitative estimate of drug-likeness (QED) is 0.586. The fourth-order valence-electron chi connectivity index (χ4n) is 1.49. The second kappa shape index (κ2) is 2.63. The highest BCUT2D eigenvalue weighted by Crippen LogP contribution is 2.14. The van der Waals surface area contributed by atoms with E-state index in [0.29, 0.717) is 0 Å². The number of nitrogens with zero attached hydrogens (tertiary/aromatic N) is 1. The lowest BCUT2D eigenvalue weighted by Gasteiger charge is -1.81. The standard InChI is InChI=1S/C10H12NO/c1-3-11-10-7-5-4-6-9(10)8(2)12-11/h4-7H,3H2,1-2H3/q+1. The SMILES string of the molecule is CC[n+]1oc(C)c2ccccc21. The average Bonchev–Trinajstić information content (AvgIpc) is 2.44. The van der Waals surface area contributed by atoms with Gasteiger partial charge in [-0.05, 0) is 17.7 Å². The number of aromatic nitrogens is 1. The van der Waals surface area contributed by atoms with Crippen LogP contribution in [0.5, 0.6) is 0 Å². The van der Waals surface area contributed by atoms with Gasteiger partial charge in [-0.25, -0.2) is 4.52 Å². The highest BCUT2D eigenvalue weighted by atomic mass is 16.5. The largest absolute Gasteiger partial charge is 0.262 e. The van der Waals surface area contributed by atoms with Gasteiger partial charge in [0.1, 0.15) is 0 Å². The molecule has 0 saturated carbocycles. The van der Waals surface area contributed by atoms with Crippen LogP contribution < -0.4 is 4.74 Å². The molecule has 62 valence electrons. The minimum atomic E-state index is 0.883. The Balaban J connectivity index is 2.82. The molecule has 0 aliphatic heterocycles. The van der Waals surface area contributed by atoms with Crippen molar-refractivity contribution in [2.45, 2.75) is 20.4 Å². The van der Waals surface area contributed by atoms with E-state index in [1.165, 1.54) is 10.9 Å². The highest BCUT2D eigenvalue weighted by molar-refractivity contribution is 5.77. The summed E-state index contributed by atoms with van der Waals surface area (Å²) >= 11 is 0. The molecule has 0 bridgehead atoms. The van der Waals surface area contributed by atoms with E-state index in [-0.39, 0.29) is 0 Å². The van der Waals surface area contributed by atoms with Gasteiger partial charge < -0.3 is 0 Å². The van der Waals surface area contributed by atoms with Gasteiger partial charge in [-0.15, -0.1) is 0 Å². The lowest BCUT2D eigenvalue weighted by atomic mass is 10.2. The Kier molecular flexibility index (Phi) is 1.61. The number of hydrogen-bond acceptors (Lipinski definition) is 1. The van der Waals surface area contributed by atoms with Crippen LogP contribution in [0.2, 0.25) is 0 Å². The molecule has 1 aromatic carbocycles. The van der Waals surface area contributed by atoms with Crippen molar-refractivity contribution in [1.29, 1.82) is 0 Å². The zero-order valence-corrected chi connectivity index (χ0v) is 7.37. The summed E-state index contributed by atoms with van der Waals surface area (Å²) in [5.41, 5.74) is 1.18. The molecule has 0 unspecified atom stereocenters. The predicted molar refractivity (Wildman–Crippen MR) is 46.8 cm³/mol. The number of para-hydroxylation sites is 1. The first-order valence-corrected chi connectivity index (χ1v) is 4.21. The van der Waals surface area contributed by atoms with Gasteiger partial charge in [0.15, 0.2) is 12.3 Å². The summed E-state index contributed by atoms with van der Waals surface area (Å²) in [6.45, 7) is 4.96. The summed E-state index contributed by atoms with van der Waals surface area (Å²) in [4.78, 5) is 0. The third kappa shape index (κ3) is 0.916. The number of aryl methyl sites for hydroxylation is 2. The van der Waals surface area contributed by atoms with Gasteiger partial charge in [-0.1, -0.05) is 12.1 Å². The maximum absolute atomic E-state index is 5.53. The molecule has 1 aromatic heterocycles. The van der Waals surface area contributed by atoms with Gasteiger partial charge in [0.05, 0.1) is 5.39 Å². The second-order valence-electron chi connectivity index (χ2n) is 2.86. The van der Waals surface area contributed by atoms with Crippen molar-refractivity contribution in [3.63, 3.8) is 0 Å². The number of rotatable bonds is 1. The van der Waals surface area contributed by atoms with Gasteiger partial charge >= 0.3 is 0 Å². The maximum atomic E-state index is 5.53. The molecule has 0 saturated heterocycles. The molecule has 0 aliphatic carbocycles. The Morgan fingerprint density at radius 3 is 2.83 bits per heavy atom. The predicted octanol–water partition coefficient (Wildman–Crippen LogP) is 2.05. The summed E-state index contributed by atoms with van der Waals surface area (Å²) < 4.78 is 7.44. The monoisotopic (exact) mass is 162 g/mol. The van der Waals surface area contributed by atoms with Crippen molar-refractivity contribution < 1.29 is 9.26 Å². The van der Waals surface area contributed by atoms with E-state index < -0.39 is 0 Å².